The number of amides is 2. The van der Waals surface area contributed by atoms with Gasteiger partial charge in [-0.3, -0.25) is 14.4 Å². The lowest BCUT2D eigenvalue weighted by molar-refractivity contribution is -0.121. The number of carbonyl (C=O) groups is 3. The fourth-order valence-electron chi connectivity index (χ4n) is 4.60. The molecule has 3 aromatic rings. The molecular formula is C25H26FN3O4S. The van der Waals surface area contributed by atoms with Crippen LogP contribution in [0.4, 0.5) is 10.1 Å². The van der Waals surface area contributed by atoms with E-state index in [2.05, 4.69) is 10.6 Å². The summed E-state index contributed by atoms with van der Waals surface area (Å²) in [4.78, 5) is 39.4. The highest BCUT2D eigenvalue weighted by Crippen LogP contribution is 2.34. The summed E-state index contributed by atoms with van der Waals surface area (Å²) in [5, 5.41) is 18.8. The Morgan fingerprint density at radius 2 is 1.91 bits per heavy atom. The van der Waals surface area contributed by atoms with Gasteiger partial charge in [-0.15, -0.1) is 0 Å². The van der Waals surface area contributed by atoms with Gasteiger partial charge < -0.3 is 20.3 Å². The number of thiophene rings is 1. The average molecular weight is 484 g/mol. The van der Waals surface area contributed by atoms with Gasteiger partial charge in [0, 0.05) is 29.2 Å². The molecule has 0 radical (unpaired) electrons. The van der Waals surface area contributed by atoms with Crippen LogP contribution in [0, 0.1) is 19.7 Å². The molecule has 0 aliphatic heterocycles. The van der Waals surface area contributed by atoms with Crippen LogP contribution in [0.3, 0.4) is 0 Å². The molecule has 0 saturated heterocycles. The zero-order chi connectivity index (χ0) is 24.8. The highest BCUT2D eigenvalue weighted by molar-refractivity contribution is 7.08. The number of aryl methyl sites for hydroxylation is 1. The molecule has 1 aliphatic rings. The van der Waals surface area contributed by atoms with E-state index < -0.39 is 29.2 Å². The zero-order valence-corrected chi connectivity index (χ0v) is 20.2. The molecule has 7 nitrogen and oxygen atoms in total. The normalized spacial score (nSPS) is 19.4. The number of Topliss-reactive ketones (excluding diaryl/α,β-unsaturated/α-hetero) is 1. The Balaban J connectivity index is 1.72. The first-order valence-electron chi connectivity index (χ1n) is 10.8. The quantitative estimate of drug-likeness (QED) is 0.365. The number of nitrogens with one attached hydrogen (secondary N) is 2. The van der Waals surface area contributed by atoms with Crippen molar-refractivity contribution in [3.8, 4) is 11.3 Å². The average Bonchev–Trinajstić information content (AvgIpc) is 3.35. The predicted octanol–water partition coefficient (Wildman–Crippen LogP) is 3.97. The van der Waals surface area contributed by atoms with Crippen molar-refractivity contribution in [3.05, 3.63) is 63.2 Å². The number of aliphatic hydroxyl groups is 1. The maximum absolute atomic E-state index is 13.7. The summed E-state index contributed by atoms with van der Waals surface area (Å²) >= 11 is 1.44. The third kappa shape index (κ3) is 4.28. The summed E-state index contributed by atoms with van der Waals surface area (Å²) in [5.74, 6) is -2.37. The number of rotatable bonds is 6. The third-order valence-corrected chi connectivity index (χ3v) is 6.97. The Kier molecular flexibility index (Phi) is 6.18. The standard InChI is InChI=1S/C25H26FN3O4S/c1-13-9-16(5-6-18(13)26)27-23(32)19-14(2)20(29(4)21(19)15-7-8-34-12-15)22(31)24(33)28-25(3)10-17(30)11-25/h5-9,12,17,30H,10-11H2,1-4H3,(H,27,32)(H,28,33). The van der Waals surface area contributed by atoms with E-state index in [1.807, 2.05) is 16.8 Å². The number of hydrogen-bond donors (Lipinski definition) is 3. The zero-order valence-electron chi connectivity index (χ0n) is 19.4. The van der Waals surface area contributed by atoms with E-state index >= 15 is 0 Å². The van der Waals surface area contributed by atoms with Gasteiger partial charge in [-0.05, 0) is 74.4 Å². The van der Waals surface area contributed by atoms with Crippen LogP contribution in [-0.2, 0) is 11.8 Å². The number of benzene rings is 1. The molecule has 1 fully saturated rings. The molecule has 34 heavy (non-hydrogen) atoms. The Morgan fingerprint density at radius 3 is 2.50 bits per heavy atom. The van der Waals surface area contributed by atoms with Crippen LogP contribution in [0.2, 0.25) is 0 Å². The smallest absolute Gasteiger partial charge is 0.294 e. The van der Waals surface area contributed by atoms with E-state index in [0.29, 0.717) is 35.3 Å². The monoisotopic (exact) mass is 483 g/mol. The molecule has 4 rings (SSSR count). The van der Waals surface area contributed by atoms with E-state index in [1.54, 1.807) is 32.4 Å². The van der Waals surface area contributed by atoms with Crippen LogP contribution in [0.5, 0.6) is 0 Å². The number of ketones is 1. The highest BCUT2D eigenvalue weighted by atomic mass is 32.1. The first-order valence-corrected chi connectivity index (χ1v) is 11.8. The van der Waals surface area contributed by atoms with Gasteiger partial charge in [-0.25, -0.2) is 4.39 Å². The summed E-state index contributed by atoms with van der Waals surface area (Å²) in [6.45, 7) is 5.02. The van der Waals surface area contributed by atoms with Crippen LogP contribution in [0.1, 0.15) is 51.7 Å². The highest BCUT2D eigenvalue weighted by Gasteiger charge is 2.42. The van der Waals surface area contributed by atoms with E-state index in [1.165, 1.54) is 29.5 Å². The molecule has 0 unspecified atom stereocenters. The minimum atomic E-state index is -0.781. The number of anilines is 1. The molecular weight excluding hydrogens is 457 g/mol. The van der Waals surface area contributed by atoms with Crippen molar-refractivity contribution in [3.63, 3.8) is 0 Å². The minimum absolute atomic E-state index is 0.114. The van der Waals surface area contributed by atoms with E-state index in [9.17, 15) is 23.9 Å². The summed E-state index contributed by atoms with van der Waals surface area (Å²) in [6.07, 6.45) is 0.263. The van der Waals surface area contributed by atoms with Crippen molar-refractivity contribution in [2.45, 2.75) is 45.3 Å². The lowest BCUT2D eigenvalue weighted by Gasteiger charge is -2.42. The van der Waals surface area contributed by atoms with E-state index in [-0.39, 0.29) is 17.1 Å². The van der Waals surface area contributed by atoms with Gasteiger partial charge in [-0.1, -0.05) is 0 Å². The predicted molar refractivity (Wildman–Crippen MR) is 129 cm³/mol. The van der Waals surface area contributed by atoms with Crippen molar-refractivity contribution in [2.24, 2.45) is 7.05 Å². The van der Waals surface area contributed by atoms with Crippen molar-refractivity contribution < 1.29 is 23.9 Å². The van der Waals surface area contributed by atoms with Crippen LogP contribution < -0.4 is 10.6 Å². The molecule has 1 aliphatic carbocycles. The molecule has 2 heterocycles. The molecule has 2 amide bonds. The molecule has 0 bridgehead atoms. The summed E-state index contributed by atoms with van der Waals surface area (Å²) in [7, 11) is 1.65. The maximum atomic E-state index is 13.7. The molecule has 1 saturated carbocycles. The molecule has 2 aromatic heterocycles. The van der Waals surface area contributed by atoms with Crippen molar-refractivity contribution in [2.75, 3.05) is 5.32 Å². The Morgan fingerprint density at radius 1 is 1.21 bits per heavy atom. The largest absolute Gasteiger partial charge is 0.393 e. The maximum Gasteiger partial charge on any atom is 0.294 e. The third-order valence-electron chi connectivity index (χ3n) is 6.28. The Labute approximate surface area is 200 Å². The molecule has 1 aromatic carbocycles. The van der Waals surface area contributed by atoms with Gasteiger partial charge in [0.1, 0.15) is 5.82 Å². The van der Waals surface area contributed by atoms with Gasteiger partial charge in [-0.2, -0.15) is 11.3 Å². The molecule has 0 spiro atoms. The van der Waals surface area contributed by atoms with Gasteiger partial charge in [0.05, 0.1) is 23.1 Å². The molecule has 9 heteroatoms. The second-order valence-corrected chi connectivity index (χ2v) is 9.87. The van der Waals surface area contributed by atoms with Crippen LogP contribution in [0.25, 0.3) is 11.3 Å². The van der Waals surface area contributed by atoms with Gasteiger partial charge in [0.15, 0.2) is 0 Å². The first-order chi connectivity index (χ1) is 16.0. The van der Waals surface area contributed by atoms with E-state index in [4.69, 9.17) is 0 Å². The molecule has 3 N–H and O–H groups in total. The second-order valence-electron chi connectivity index (χ2n) is 9.09. The SMILES string of the molecule is Cc1cc(NC(=O)c2c(C)c(C(=O)C(=O)NC3(C)CC(O)C3)n(C)c2-c2ccsc2)ccc1F. The van der Waals surface area contributed by atoms with Gasteiger partial charge in [0.25, 0.3) is 17.6 Å². The number of aromatic nitrogens is 1. The van der Waals surface area contributed by atoms with Crippen molar-refractivity contribution in [1.29, 1.82) is 0 Å². The fourth-order valence-corrected chi connectivity index (χ4v) is 5.24. The summed E-state index contributed by atoms with van der Waals surface area (Å²) in [6, 6.07) is 6.11. The minimum Gasteiger partial charge on any atom is -0.393 e. The summed E-state index contributed by atoms with van der Waals surface area (Å²) in [5.41, 5.74) is 2.18. The number of hydrogen-bond acceptors (Lipinski definition) is 5. The molecule has 178 valence electrons. The van der Waals surface area contributed by atoms with Crippen LogP contribution in [0.15, 0.2) is 35.0 Å². The van der Waals surface area contributed by atoms with E-state index in [0.717, 1.165) is 5.56 Å². The van der Waals surface area contributed by atoms with Crippen LogP contribution >= 0.6 is 11.3 Å². The number of nitrogens with zero attached hydrogens (tertiary/aromatic N) is 1. The number of carbonyl (C=O) groups excluding carboxylic acids is 3. The number of halogens is 1. The van der Waals surface area contributed by atoms with Gasteiger partial charge in [0.2, 0.25) is 0 Å². The van der Waals surface area contributed by atoms with Crippen molar-refractivity contribution in [1.82, 2.24) is 9.88 Å². The number of aliphatic hydroxyl groups excluding tert-OH is 1. The summed E-state index contributed by atoms with van der Waals surface area (Å²) < 4.78 is 15.2. The lowest BCUT2D eigenvalue weighted by Crippen LogP contribution is -2.58. The lowest BCUT2D eigenvalue weighted by atomic mass is 9.76. The Bertz CT molecular complexity index is 1290. The second kappa shape index (κ2) is 8.81. The van der Waals surface area contributed by atoms with Crippen LogP contribution in [-0.4, -0.2) is 38.9 Å². The molecule has 0 atom stereocenters. The first kappa shape index (κ1) is 23.8. The van der Waals surface area contributed by atoms with Crippen molar-refractivity contribution >= 4 is 34.6 Å². The fraction of sp³-hybridized carbons (Fsp3) is 0.320. The van der Waals surface area contributed by atoms with Gasteiger partial charge >= 0.3 is 0 Å². The topological polar surface area (TPSA) is 100 Å². The Hall–Kier alpha value is -3.30.